The van der Waals surface area contributed by atoms with Gasteiger partial charge < -0.3 is 15.5 Å². The van der Waals surface area contributed by atoms with Crippen molar-refractivity contribution in [1.29, 1.82) is 0 Å². The summed E-state index contributed by atoms with van der Waals surface area (Å²) in [6.07, 6.45) is 1.18. The Labute approximate surface area is 155 Å². The number of carbonyl (C=O) groups excluding carboxylic acids is 2. The van der Waals surface area contributed by atoms with Crippen LogP contribution in [0.1, 0.15) is 23.1 Å². The summed E-state index contributed by atoms with van der Waals surface area (Å²) in [7, 11) is 3.51. The van der Waals surface area contributed by atoms with Crippen LogP contribution in [0.25, 0.3) is 0 Å². The number of nitrogens with one attached hydrogen (secondary N) is 2. The Morgan fingerprint density at radius 1 is 0.923 bits per heavy atom. The van der Waals surface area contributed by atoms with Gasteiger partial charge in [-0.25, -0.2) is 0 Å². The molecule has 0 heterocycles. The molecule has 0 fully saturated rings. The highest BCUT2D eigenvalue weighted by Gasteiger charge is 2.06. The van der Waals surface area contributed by atoms with Crippen LogP contribution in [-0.2, 0) is 16.0 Å². The first-order valence-corrected chi connectivity index (χ1v) is 8.75. The van der Waals surface area contributed by atoms with Crippen LogP contribution in [0.4, 0.5) is 11.4 Å². The fraction of sp³-hybridized carbons (Fsp3) is 0.333. The van der Waals surface area contributed by atoms with Crippen LogP contribution in [0.3, 0.4) is 0 Å². The molecule has 0 aliphatic rings. The molecule has 0 unspecified atom stereocenters. The first-order chi connectivity index (χ1) is 12.3. The van der Waals surface area contributed by atoms with E-state index in [-0.39, 0.29) is 18.4 Å². The first-order valence-electron chi connectivity index (χ1n) is 8.75. The largest absolute Gasteiger partial charge is 0.376 e. The number of aryl methyl sites for hydroxylation is 3. The number of nitrogens with zero attached hydrogens (tertiary/aromatic N) is 1. The van der Waals surface area contributed by atoms with Crippen molar-refractivity contribution in [3.63, 3.8) is 0 Å². The molecule has 2 N–H and O–H groups in total. The molecule has 0 spiro atoms. The van der Waals surface area contributed by atoms with Gasteiger partial charge in [0.15, 0.2) is 0 Å². The van der Waals surface area contributed by atoms with Crippen molar-refractivity contribution in [3.05, 3.63) is 59.2 Å². The van der Waals surface area contributed by atoms with E-state index in [1.54, 1.807) is 19.0 Å². The maximum absolute atomic E-state index is 12.1. The number of hydrogen-bond acceptors (Lipinski definition) is 3. The summed E-state index contributed by atoms with van der Waals surface area (Å²) in [6.45, 7) is 4.32. The van der Waals surface area contributed by atoms with Crippen LogP contribution in [0, 0.1) is 13.8 Å². The molecule has 5 heteroatoms. The Balaban J connectivity index is 1.81. The van der Waals surface area contributed by atoms with Crippen molar-refractivity contribution in [2.45, 2.75) is 26.7 Å². The lowest BCUT2D eigenvalue weighted by molar-refractivity contribution is -0.128. The Bertz CT molecular complexity index is 767. The third-order valence-corrected chi connectivity index (χ3v) is 4.32. The van der Waals surface area contributed by atoms with E-state index in [4.69, 9.17) is 0 Å². The standard InChI is InChI=1S/C21H27N3O2/c1-15-5-9-19(13-16(15)2)22-14-20(25)23-18-10-6-17(7-11-18)8-12-21(26)24(3)4/h5-7,9-11,13,22H,8,12,14H2,1-4H3,(H,23,25). The second-order valence-electron chi connectivity index (χ2n) is 6.69. The van der Waals surface area contributed by atoms with Crippen molar-refractivity contribution in [2.75, 3.05) is 31.3 Å². The number of rotatable bonds is 7. The van der Waals surface area contributed by atoms with Gasteiger partial charge in [-0.05, 0) is 61.2 Å². The van der Waals surface area contributed by atoms with E-state index in [0.29, 0.717) is 12.8 Å². The lowest BCUT2D eigenvalue weighted by atomic mass is 10.1. The van der Waals surface area contributed by atoms with Crippen LogP contribution in [0.15, 0.2) is 42.5 Å². The van der Waals surface area contributed by atoms with Crippen LogP contribution < -0.4 is 10.6 Å². The van der Waals surface area contributed by atoms with Crippen molar-refractivity contribution in [1.82, 2.24) is 4.90 Å². The zero-order valence-corrected chi connectivity index (χ0v) is 15.9. The quantitative estimate of drug-likeness (QED) is 0.802. The molecule has 0 saturated heterocycles. The van der Waals surface area contributed by atoms with Gasteiger partial charge >= 0.3 is 0 Å². The molecular weight excluding hydrogens is 326 g/mol. The van der Waals surface area contributed by atoms with E-state index < -0.39 is 0 Å². The molecule has 2 rings (SSSR count). The summed E-state index contributed by atoms with van der Waals surface area (Å²) in [4.78, 5) is 25.3. The maximum atomic E-state index is 12.1. The van der Waals surface area contributed by atoms with Gasteiger partial charge in [-0.15, -0.1) is 0 Å². The Hall–Kier alpha value is -2.82. The topological polar surface area (TPSA) is 61.4 Å². The molecule has 0 aromatic heterocycles. The van der Waals surface area contributed by atoms with Gasteiger partial charge in [0.2, 0.25) is 11.8 Å². The smallest absolute Gasteiger partial charge is 0.243 e. The minimum absolute atomic E-state index is 0.0984. The zero-order valence-electron chi connectivity index (χ0n) is 15.9. The molecule has 2 aromatic carbocycles. The number of carbonyl (C=O) groups is 2. The minimum atomic E-state index is -0.0984. The summed E-state index contributed by atoms with van der Waals surface area (Å²) >= 11 is 0. The van der Waals surface area contributed by atoms with E-state index in [1.807, 2.05) is 49.4 Å². The molecule has 138 valence electrons. The lowest BCUT2D eigenvalue weighted by Gasteiger charge is -2.11. The molecule has 0 aliphatic heterocycles. The molecular formula is C21H27N3O2. The second-order valence-corrected chi connectivity index (χ2v) is 6.69. The fourth-order valence-electron chi connectivity index (χ4n) is 2.47. The van der Waals surface area contributed by atoms with Gasteiger partial charge in [-0.2, -0.15) is 0 Å². The third kappa shape index (κ3) is 5.92. The van der Waals surface area contributed by atoms with Crippen molar-refractivity contribution < 1.29 is 9.59 Å². The van der Waals surface area contributed by atoms with Crippen LogP contribution >= 0.6 is 0 Å². The van der Waals surface area contributed by atoms with Crippen molar-refractivity contribution in [2.24, 2.45) is 0 Å². The number of anilines is 2. The summed E-state index contributed by atoms with van der Waals surface area (Å²) in [6, 6.07) is 13.7. The lowest BCUT2D eigenvalue weighted by Crippen LogP contribution is -2.22. The van der Waals surface area contributed by atoms with E-state index in [1.165, 1.54) is 11.1 Å². The molecule has 0 atom stereocenters. The van der Waals surface area contributed by atoms with Crippen LogP contribution in [0.5, 0.6) is 0 Å². The number of amides is 2. The predicted molar refractivity (Wildman–Crippen MR) is 106 cm³/mol. The average molecular weight is 353 g/mol. The summed E-state index contributed by atoms with van der Waals surface area (Å²) in [5, 5.41) is 6.01. The third-order valence-electron chi connectivity index (χ3n) is 4.32. The summed E-state index contributed by atoms with van der Waals surface area (Å²) < 4.78 is 0. The van der Waals surface area contributed by atoms with Crippen molar-refractivity contribution in [3.8, 4) is 0 Å². The number of benzene rings is 2. The van der Waals surface area contributed by atoms with Gasteiger partial charge in [0.05, 0.1) is 6.54 Å². The fourth-order valence-corrected chi connectivity index (χ4v) is 2.47. The highest BCUT2D eigenvalue weighted by Crippen LogP contribution is 2.14. The van der Waals surface area contributed by atoms with Gasteiger partial charge in [0.1, 0.15) is 0 Å². The highest BCUT2D eigenvalue weighted by atomic mass is 16.2. The molecule has 26 heavy (non-hydrogen) atoms. The zero-order chi connectivity index (χ0) is 19.1. The Morgan fingerprint density at radius 3 is 2.19 bits per heavy atom. The monoisotopic (exact) mass is 353 g/mol. The molecule has 0 aliphatic carbocycles. The van der Waals surface area contributed by atoms with Gasteiger partial charge in [0.25, 0.3) is 0 Å². The Morgan fingerprint density at radius 2 is 1.58 bits per heavy atom. The SMILES string of the molecule is Cc1ccc(NCC(=O)Nc2ccc(CCC(=O)N(C)C)cc2)cc1C. The van der Waals surface area contributed by atoms with Gasteiger partial charge in [-0.1, -0.05) is 18.2 Å². The molecule has 0 bridgehead atoms. The predicted octanol–water partition coefficient (Wildman–Crippen LogP) is 3.37. The highest BCUT2D eigenvalue weighted by molar-refractivity contribution is 5.93. The first kappa shape index (κ1) is 19.5. The minimum Gasteiger partial charge on any atom is -0.376 e. The van der Waals surface area contributed by atoms with Crippen LogP contribution in [0.2, 0.25) is 0 Å². The molecule has 0 saturated carbocycles. The van der Waals surface area contributed by atoms with Gasteiger partial charge in [0, 0.05) is 31.9 Å². The van der Waals surface area contributed by atoms with Crippen molar-refractivity contribution >= 4 is 23.2 Å². The summed E-state index contributed by atoms with van der Waals surface area (Å²) in [5.41, 5.74) is 5.18. The van der Waals surface area contributed by atoms with Gasteiger partial charge in [-0.3, -0.25) is 9.59 Å². The van der Waals surface area contributed by atoms with E-state index in [2.05, 4.69) is 17.6 Å². The van der Waals surface area contributed by atoms with Crippen LogP contribution in [-0.4, -0.2) is 37.4 Å². The molecule has 0 radical (unpaired) electrons. The number of hydrogen-bond donors (Lipinski definition) is 2. The Kier molecular flexibility index (Phi) is 6.78. The second kappa shape index (κ2) is 9.04. The van der Waals surface area contributed by atoms with E-state index in [9.17, 15) is 9.59 Å². The normalized spacial score (nSPS) is 10.3. The van der Waals surface area contributed by atoms with E-state index in [0.717, 1.165) is 16.9 Å². The molecule has 2 amide bonds. The summed E-state index contributed by atoms with van der Waals surface area (Å²) in [5.74, 6) is 0.0126. The van der Waals surface area contributed by atoms with E-state index >= 15 is 0 Å². The molecule has 5 nitrogen and oxygen atoms in total. The average Bonchev–Trinajstić information content (AvgIpc) is 2.61. The maximum Gasteiger partial charge on any atom is 0.243 e. The molecule has 2 aromatic rings.